The third-order valence-electron chi connectivity index (χ3n) is 3.34. The maximum Gasteiger partial charge on any atom is 0.237 e. The Labute approximate surface area is 111 Å². The minimum absolute atomic E-state index is 0.000975. The Morgan fingerprint density at radius 1 is 1.22 bits per heavy atom. The van der Waals surface area contributed by atoms with Crippen LogP contribution in [0.3, 0.4) is 0 Å². The van der Waals surface area contributed by atoms with Gasteiger partial charge in [-0.2, -0.15) is 0 Å². The molecule has 3 unspecified atom stereocenters. The largest absolute Gasteiger partial charge is 0.392 e. The molecule has 1 rings (SSSR count). The van der Waals surface area contributed by atoms with Gasteiger partial charge in [0.1, 0.15) is 0 Å². The SMILES string of the molecule is CC(NC1CCCCCC1O)C(=O)NC(C)(C)C. The van der Waals surface area contributed by atoms with E-state index in [2.05, 4.69) is 10.6 Å². The van der Waals surface area contributed by atoms with Crippen LogP contribution in [0.2, 0.25) is 0 Å². The molecule has 1 aliphatic rings. The highest BCUT2D eigenvalue weighted by Gasteiger charge is 2.26. The van der Waals surface area contributed by atoms with Crippen molar-refractivity contribution in [3.8, 4) is 0 Å². The monoisotopic (exact) mass is 256 g/mol. The van der Waals surface area contributed by atoms with Crippen LogP contribution in [-0.4, -0.2) is 34.7 Å². The molecule has 1 fully saturated rings. The molecule has 0 aromatic carbocycles. The highest BCUT2D eigenvalue weighted by Crippen LogP contribution is 2.18. The molecule has 1 saturated carbocycles. The van der Waals surface area contributed by atoms with Gasteiger partial charge in [-0.25, -0.2) is 0 Å². The number of rotatable bonds is 3. The quantitative estimate of drug-likeness (QED) is 0.672. The number of nitrogens with one attached hydrogen (secondary N) is 2. The lowest BCUT2D eigenvalue weighted by atomic mass is 10.0. The van der Waals surface area contributed by atoms with E-state index in [1.807, 2.05) is 27.7 Å². The van der Waals surface area contributed by atoms with Gasteiger partial charge < -0.3 is 15.7 Å². The lowest BCUT2D eigenvalue weighted by Crippen LogP contribution is -2.53. The Balaban J connectivity index is 2.47. The molecule has 0 aromatic rings. The Morgan fingerprint density at radius 3 is 2.44 bits per heavy atom. The average Bonchev–Trinajstić information content (AvgIpc) is 2.42. The van der Waals surface area contributed by atoms with Gasteiger partial charge in [0.25, 0.3) is 0 Å². The molecule has 4 heteroatoms. The predicted molar refractivity (Wildman–Crippen MR) is 73.4 cm³/mol. The lowest BCUT2D eigenvalue weighted by molar-refractivity contribution is -0.124. The summed E-state index contributed by atoms with van der Waals surface area (Å²) < 4.78 is 0. The van der Waals surface area contributed by atoms with Crippen molar-refractivity contribution in [1.29, 1.82) is 0 Å². The second-order valence-electron chi connectivity index (χ2n) is 6.44. The summed E-state index contributed by atoms with van der Waals surface area (Å²) in [7, 11) is 0. The molecular weight excluding hydrogens is 228 g/mol. The number of amides is 1. The zero-order valence-corrected chi connectivity index (χ0v) is 12.1. The van der Waals surface area contributed by atoms with E-state index in [1.165, 1.54) is 6.42 Å². The van der Waals surface area contributed by atoms with Gasteiger partial charge in [-0.1, -0.05) is 19.3 Å². The van der Waals surface area contributed by atoms with Crippen molar-refractivity contribution in [2.75, 3.05) is 0 Å². The Bertz CT molecular complexity index is 273. The summed E-state index contributed by atoms with van der Waals surface area (Å²) in [5.74, 6) is -0.000975. The lowest BCUT2D eigenvalue weighted by Gasteiger charge is -2.28. The fourth-order valence-corrected chi connectivity index (χ4v) is 2.36. The van der Waals surface area contributed by atoms with Crippen molar-refractivity contribution < 1.29 is 9.90 Å². The van der Waals surface area contributed by atoms with Crippen LogP contribution in [-0.2, 0) is 4.79 Å². The Morgan fingerprint density at radius 2 is 1.83 bits per heavy atom. The molecule has 1 amide bonds. The first-order valence-electron chi connectivity index (χ1n) is 7.06. The van der Waals surface area contributed by atoms with E-state index in [9.17, 15) is 9.90 Å². The molecule has 0 radical (unpaired) electrons. The molecule has 1 aliphatic carbocycles. The van der Waals surface area contributed by atoms with Crippen molar-refractivity contribution in [3.05, 3.63) is 0 Å². The number of hydrogen-bond acceptors (Lipinski definition) is 3. The van der Waals surface area contributed by atoms with Gasteiger partial charge in [0, 0.05) is 11.6 Å². The number of hydrogen-bond donors (Lipinski definition) is 3. The van der Waals surface area contributed by atoms with Crippen LogP contribution in [0.4, 0.5) is 0 Å². The molecule has 0 spiro atoms. The van der Waals surface area contributed by atoms with Crippen molar-refractivity contribution in [1.82, 2.24) is 10.6 Å². The zero-order chi connectivity index (χ0) is 13.8. The standard InChI is InChI=1S/C14H28N2O2/c1-10(13(18)16-14(2,3)4)15-11-8-6-5-7-9-12(11)17/h10-12,15,17H,5-9H2,1-4H3,(H,16,18). The normalized spacial score (nSPS) is 27.4. The van der Waals surface area contributed by atoms with Gasteiger partial charge in [-0.3, -0.25) is 4.79 Å². The first-order valence-corrected chi connectivity index (χ1v) is 7.06. The first kappa shape index (κ1) is 15.4. The summed E-state index contributed by atoms with van der Waals surface area (Å²) in [5.41, 5.74) is -0.213. The van der Waals surface area contributed by atoms with Crippen LogP contribution in [0, 0.1) is 0 Å². The van der Waals surface area contributed by atoms with Gasteiger partial charge >= 0.3 is 0 Å². The molecule has 0 bridgehead atoms. The number of carbonyl (C=O) groups is 1. The maximum absolute atomic E-state index is 12.0. The van der Waals surface area contributed by atoms with E-state index in [0.29, 0.717) is 0 Å². The topological polar surface area (TPSA) is 61.4 Å². The Hall–Kier alpha value is -0.610. The van der Waals surface area contributed by atoms with Crippen molar-refractivity contribution in [2.45, 2.75) is 83.5 Å². The van der Waals surface area contributed by atoms with E-state index in [-0.39, 0.29) is 29.6 Å². The van der Waals surface area contributed by atoms with Gasteiger partial charge in [-0.15, -0.1) is 0 Å². The zero-order valence-electron chi connectivity index (χ0n) is 12.1. The molecule has 3 atom stereocenters. The summed E-state index contributed by atoms with van der Waals surface area (Å²) in [6.45, 7) is 7.77. The third-order valence-corrected chi connectivity index (χ3v) is 3.34. The molecule has 0 aliphatic heterocycles. The fraction of sp³-hybridized carbons (Fsp3) is 0.929. The summed E-state index contributed by atoms with van der Waals surface area (Å²) >= 11 is 0. The van der Waals surface area contributed by atoms with Crippen LogP contribution in [0.15, 0.2) is 0 Å². The Kier molecular flexibility index (Phi) is 5.60. The van der Waals surface area contributed by atoms with E-state index in [4.69, 9.17) is 0 Å². The summed E-state index contributed by atoms with van der Waals surface area (Å²) in [6, 6.07) is -0.213. The molecule has 0 aromatic heterocycles. The summed E-state index contributed by atoms with van der Waals surface area (Å²) in [4.78, 5) is 12.0. The minimum Gasteiger partial charge on any atom is -0.392 e. The van der Waals surface area contributed by atoms with E-state index >= 15 is 0 Å². The van der Waals surface area contributed by atoms with Crippen molar-refractivity contribution in [2.24, 2.45) is 0 Å². The number of aliphatic hydroxyl groups is 1. The second-order valence-corrected chi connectivity index (χ2v) is 6.44. The molecule has 0 heterocycles. The van der Waals surface area contributed by atoms with E-state index < -0.39 is 0 Å². The highest BCUT2D eigenvalue weighted by molar-refractivity contribution is 5.81. The highest BCUT2D eigenvalue weighted by atomic mass is 16.3. The van der Waals surface area contributed by atoms with Crippen LogP contribution in [0.1, 0.15) is 59.8 Å². The minimum atomic E-state index is -0.322. The summed E-state index contributed by atoms with van der Waals surface area (Å²) in [6.07, 6.45) is 4.86. The van der Waals surface area contributed by atoms with Gasteiger partial charge in [0.2, 0.25) is 5.91 Å². The van der Waals surface area contributed by atoms with Gasteiger partial charge in [0.15, 0.2) is 0 Å². The van der Waals surface area contributed by atoms with Crippen LogP contribution >= 0.6 is 0 Å². The van der Waals surface area contributed by atoms with Gasteiger partial charge in [0.05, 0.1) is 12.1 Å². The number of aliphatic hydroxyl groups excluding tert-OH is 1. The van der Waals surface area contributed by atoms with Crippen LogP contribution in [0.5, 0.6) is 0 Å². The molecule has 3 N–H and O–H groups in total. The van der Waals surface area contributed by atoms with Gasteiger partial charge in [-0.05, 0) is 40.5 Å². The van der Waals surface area contributed by atoms with Crippen LogP contribution < -0.4 is 10.6 Å². The molecule has 18 heavy (non-hydrogen) atoms. The molecular formula is C14H28N2O2. The molecule has 106 valence electrons. The first-order chi connectivity index (χ1) is 8.29. The molecule has 0 saturated heterocycles. The predicted octanol–water partition coefficient (Wildman–Crippen LogP) is 1.57. The smallest absolute Gasteiger partial charge is 0.237 e. The van der Waals surface area contributed by atoms with E-state index in [0.717, 1.165) is 25.7 Å². The fourth-order valence-electron chi connectivity index (χ4n) is 2.36. The maximum atomic E-state index is 12.0. The third kappa shape index (κ3) is 5.36. The average molecular weight is 256 g/mol. The van der Waals surface area contributed by atoms with E-state index in [1.54, 1.807) is 0 Å². The number of carbonyl (C=O) groups excluding carboxylic acids is 1. The summed E-state index contributed by atoms with van der Waals surface area (Å²) in [5, 5.41) is 16.2. The van der Waals surface area contributed by atoms with Crippen LogP contribution in [0.25, 0.3) is 0 Å². The molecule has 4 nitrogen and oxygen atoms in total. The van der Waals surface area contributed by atoms with Crippen molar-refractivity contribution >= 4 is 5.91 Å². The van der Waals surface area contributed by atoms with Crippen molar-refractivity contribution in [3.63, 3.8) is 0 Å². The second kappa shape index (κ2) is 6.53.